The molecule has 5 aromatic rings. The van der Waals surface area contributed by atoms with E-state index in [0.29, 0.717) is 16.6 Å². The fraction of sp³-hybridized carbons (Fsp3) is 0.432. The molecule has 48 heavy (non-hydrogen) atoms. The standard InChI is InChI=1S/C37H41ClN4O5S/c1-20-16-28-34(31(22-6-9-25(38)10-7-22)30(20)33(36(44)45)47-37(3,4)5)48-35(39-28)24-8-11-29-27(17-24)32(40-42(29)21(2)43)23-12-14-41(15-13-23)26-18-46-19-26/h6-11,16-17,21,23,26,33,43H,12-15,18-19H2,1-5H3,(H,44,45)/t21?,33-/m0/s1. The summed E-state index contributed by atoms with van der Waals surface area (Å²) in [7, 11) is 0. The van der Waals surface area contributed by atoms with E-state index in [1.807, 2.05) is 70.2 Å². The van der Waals surface area contributed by atoms with Crippen LogP contribution in [0, 0.1) is 6.92 Å². The lowest BCUT2D eigenvalue weighted by molar-refractivity contribution is -0.160. The normalized spacial score (nSPS) is 18.0. The number of aryl methyl sites for hydroxylation is 1. The van der Waals surface area contributed by atoms with Gasteiger partial charge in [0.1, 0.15) is 11.2 Å². The summed E-state index contributed by atoms with van der Waals surface area (Å²) < 4.78 is 14.2. The van der Waals surface area contributed by atoms with Gasteiger partial charge in [0.15, 0.2) is 6.10 Å². The van der Waals surface area contributed by atoms with Gasteiger partial charge in [-0.05, 0) is 108 Å². The third-order valence-electron chi connectivity index (χ3n) is 9.41. The van der Waals surface area contributed by atoms with E-state index in [4.69, 9.17) is 31.2 Å². The molecule has 0 aliphatic carbocycles. The molecule has 2 atom stereocenters. The first-order valence-electron chi connectivity index (χ1n) is 16.5. The summed E-state index contributed by atoms with van der Waals surface area (Å²) in [5.74, 6) is -0.764. The van der Waals surface area contributed by atoms with E-state index in [-0.39, 0.29) is 5.92 Å². The van der Waals surface area contributed by atoms with Crippen LogP contribution in [-0.2, 0) is 14.3 Å². The summed E-state index contributed by atoms with van der Waals surface area (Å²) in [6, 6.07) is 16.2. The second-order valence-corrected chi connectivity index (χ2v) is 15.4. The number of likely N-dealkylation sites (tertiary alicyclic amines) is 1. The van der Waals surface area contributed by atoms with E-state index in [2.05, 4.69) is 11.0 Å². The van der Waals surface area contributed by atoms with Gasteiger partial charge in [-0.15, -0.1) is 11.3 Å². The molecule has 2 N–H and O–H groups in total. The van der Waals surface area contributed by atoms with Crippen LogP contribution in [0.25, 0.3) is 42.8 Å². The minimum atomic E-state index is -1.18. The number of aliphatic hydroxyl groups excluding tert-OH is 1. The van der Waals surface area contributed by atoms with Crippen molar-refractivity contribution in [1.29, 1.82) is 0 Å². The van der Waals surface area contributed by atoms with Gasteiger partial charge in [0.25, 0.3) is 0 Å². The molecule has 0 bridgehead atoms. The number of fused-ring (bicyclic) bond motifs is 2. The van der Waals surface area contributed by atoms with Crippen LogP contribution < -0.4 is 0 Å². The van der Waals surface area contributed by atoms with E-state index in [1.54, 1.807) is 11.6 Å². The monoisotopic (exact) mass is 688 g/mol. The highest BCUT2D eigenvalue weighted by Crippen LogP contribution is 2.45. The highest BCUT2D eigenvalue weighted by molar-refractivity contribution is 7.22. The molecular formula is C37H41ClN4O5S. The molecule has 9 nitrogen and oxygen atoms in total. The van der Waals surface area contributed by atoms with Gasteiger partial charge < -0.3 is 19.7 Å². The minimum Gasteiger partial charge on any atom is -0.479 e. The third-order valence-corrected chi connectivity index (χ3v) is 10.8. The van der Waals surface area contributed by atoms with Gasteiger partial charge in [0.2, 0.25) is 0 Å². The second-order valence-electron chi connectivity index (χ2n) is 14.0. The van der Waals surface area contributed by atoms with Gasteiger partial charge in [-0.1, -0.05) is 23.7 Å². The maximum absolute atomic E-state index is 12.7. The molecular weight excluding hydrogens is 648 g/mol. The van der Waals surface area contributed by atoms with Crippen molar-refractivity contribution in [3.63, 3.8) is 0 Å². The van der Waals surface area contributed by atoms with Crippen molar-refractivity contribution in [3.05, 3.63) is 70.4 Å². The molecule has 2 aromatic heterocycles. The molecule has 2 saturated heterocycles. The summed E-state index contributed by atoms with van der Waals surface area (Å²) in [5.41, 5.74) is 5.98. The van der Waals surface area contributed by atoms with Crippen molar-refractivity contribution < 1.29 is 24.5 Å². The molecule has 2 fully saturated rings. The molecule has 11 heteroatoms. The first-order chi connectivity index (χ1) is 22.9. The number of halogens is 1. The Labute approximate surface area is 289 Å². The number of nitrogens with zero attached hydrogens (tertiary/aromatic N) is 4. The number of thiazole rings is 1. The lowest BCUT2D eigenvalue weighted by Gasteiger charge is -2.41. The van der Waals surface area contributed by atoms with Crippen molar-refractivity contribution in [1.82, 2.24) is 19.7 Å². The number of ether oxygens (including phenoxy) is 2. The van der Waals surface area contributed by atoms with Gasteiger partial charge >= 0.3 is 5.97 Å². The maximum atomic E-state index is 12.7. The molecule has 3 aromatic carbocycles. The lowest BCUT2D eigenvalue weighted by atomic mass is 9.90. The highest BCUT2D eigenvalue weighted by Gasteiger charge is 2.34. The Bertz CT molecular complexity index is 1990. The fourth-order valence-corrected chi connectivity index (χ4v) is 8.27. The smallest absolute Gasteiger partial charge is 0.337 e. The Morgan fingerprint density at radius 1 is 1.08 bits per heavy atom. The summed E-state index contributed by atoms with van der Waals surface area (Å²) in [6.07, 6.45) is 0.0604. The Morgan fingerprint density at radius 3 is 2.38 bits per heavy atom. The molecule has 252 valence electrons. The first-order valence-corrected chi connectivity index (χ1v) is 17.7. The van der Waals surface area contributed by atoms with E-state index in [1.165, 1.54) is 11.3 Å². The average Bonchev–Trinajstić information content (AvgIpc) is 3.60. The van der Waals surface area contributed by atoms with Crippen LogP contribution in [0.4, 0.5) is 0 Å². The Morgan fingerprint density at radius 2 is 1.77 bits per heavy atom. The number of benzene rings is 3. The molecule has 7 rings (SSSR count). The molecule has 1 unspecified atom stereocenters. The zero-order valence-corrected chi connectivity index (χ0v) is 29.4. The lowest BCUT2D eigenvalue weighted by Crippen LogP contribution is -2.51. The topological polar surface area (TPSA) is 110 Å². The third kappa shape index (κ3) is 6.26. The van der Waals surface area contributed by atoms with E-state index in [9.17, 15) is 15.0 Å². The predicted octanol–water partition coefficient (Wildman–Crippen LogP) is 7.97. The Balaban J connectivity index is 1.35. The fourth-order valence-electron chi connectivity index (χ4n) is 7.02. The van der Waals surface area contributed by atoms with Crippen molar-refractivity contribution in [2.24, 2.45) is 0 Å². The van der Waals surface area contributed by atoms with Crippen LogP contribution in [0.2, 0.25) is 5.02 Å². The molecule has 0 saturated carbocycles. The maximum Gasteiger partial charge on any atom is 0.337 e. The summed E-state index contributed by atoms with van der Waals surface area (Å²) in [6.45, 7) is 12.9. The predicted molar refractivity (Wildman–Crippen MR) is 190 cm³/mol. The number of rotatable bonds is 8. The number of carboxylic acid groups (broad SMARTS) is 1. The van der Waals surface area contributed by atoms with Gasteiger partial charge in [-0.25, -0.2) is 14.5 Å². The quantitative estimate of drug-likeness (QED) is 0.169. The Hall–Kier alpha value is -3.38. The van der Waals surface area contributed by atoms with Gasteiger partial charge in [0.05, 0.1) is 46.3 Å². The zero-order valence-electron chi connectivity index (χ0n) is 27.9. The molecule has 2 aliphatic rings. The zero-order chi connectivity index (χ0) is 33.9. The minimum absolute atomic E-state index is 0.285. The molecule has 4 heterocycles. The van der Waals surface area contributed by atoms with Crippen molar-refractivity contribution in [3.8, 4) is 21.7 Å². The van der Waals surface area contributed by atoms with Crippen LogP contribution in [0.5, 0.6) is 0 Å². The number of hydrogen-bond donors (Lipinski definition) is 2. The largest absolute Gasteiger partial charge is 0.479 e. The van der Waals surface area contributed by atoms with Gasteiger partial charge in [0, 0.05) is 33.0 Å². The average molecular weight is 689 g/mol. The number of aliphatic hydroxyl groups is 1. The van der Waals surface area contributed by atoms with Gasteiger partial charge in [-0.2, -0.15) is 5.10 Å². The van der Waals surface area contributed by atoms with Crippen molar-refractivity contribution in [2.45, 2.75) is 77.4 Å². The van der Waals surface area contributed by atoms with Crippen LogP contribution in [0.3, 0.4) is 0 Å². The van der Waals surface area contributed by atoms with E-state index in [0.717, 1.165) is 93.2 Å². The summed E-state index contributed by atoms with van der Waals surface area (Å²) in [5, 5.41) is 28.5. The van der Waals surface area contributed by atoms with E-state index >= 15 is 0 Å². The van der Waals surface area contributed by atoms with Crippen LogP contribution in [0.1, 0.15) is 75.6 Å². The second kappa shape index (κ2) is 12.8. The van der Waals surface area contributed by atoms with Crippen molar-refractivity contribution in [2.75, 3.05) is 26.3 Å². The highest BCUT2D eigenvalue weighted by atomic mass is 35.5. The Kier molecular flexibility index (Phi) is 8.85. The number of carboxylic acids is 1. The van der Waals surface area contributed by atoms with Crippen LogP contribution in [-0.4, -0.2) is 73.8 Å². The van der Waals surface area contributed by atoms with E-state index < -0.39 is 23.9 Å². The number of carbonyl (C=O) groups is 1. The van der Waals surface area contributed by atoms with Crippen LogP contribution in [0.15, 0.2) is 48.5 Å². The molecule has 2 aliphatic heterocycles. The summed E-state index contributed by atoms with van der Waals surface area (Å²) >= 11 is 7.82. The first kappa shape index (κ1) is 33.1. The number of hydrogen-bond acceptors (Lipinski definition) is 8. The van der Waals surface area contributed by atoms with Crippen LogP contribution >= 0.6 is 22.9 Å². The number of aromatic nitrogens is 3. The SMILES string of the molecule is Cc1cc2nc(-c3ccc4c(c3)c(C3CCN(C5COC5)CC3)nn4C(C)O)sc2c(-c2ccc(Cl)cc2)c1[C@H](OC(C)(C)C)C(=O)O. The summed E-state index contributed by atoms with van der Waals surface area (Å²) in [4.78, 5) is 20.4. The number of aliphatic carboxylic acids is 1. The van der Waals surface area contributed by atoms with Crippen molar-refractivity contribution >= 4 is 50.0 Å². The number of piperidine rings is 1. The molecule has 0 spiro atoms. The van der Waals surface area contributed by atoms with Gasteiger partial charge in [-0.3, -0.25) is 4.90 Å². The molecule has 0 amide bonds. The molecule has 0 radical (unpaired) electrons.